The molecule has 0 bridgehead atoms. The first kappa shape index (κ1) is 17.2. The number of aryl methyl sites for hydroxylation is 1. The van der Waals surface area contributed by atoms with Crippen LogP contribution in [0.25, 0.3) is 11.1 Å². The molecule has 2 heterocycles. The molecule has 0 aliphatic heterocycles. The first-order chi connectivity index (χ1) is 12.7. The number of aromatic nitrogens is 1. The van der Waals surface area contributed by atoms with Gasteiger partial charge in [-0.15, -0.1) is 0 Å². The highest BCUT2D eigenvalue weighted by Crippen LogP contribution is 2.27. The fraction of sp³-hybridized carbons (Fsp3) is 0.400. The van der Waals surface area contributed by atoms with Gasteiger partial charge in [0, 0.05) is 6.04 Å². The average molecular weight is 370 g/mol. The van der Waals surface area contributed by atoms with E-state index in [1.165, 1.54) is 31.0 Å². The molecule has 5 nitrogen and oxygen atoms in total. The second kappa shape index (κ2) is 7.58. The van der Waals surface area contributed by atoms with Gasteiger partial charge in [-0.05, 0) is 49.6 Å². The molecule has 26 heavy (non-hydrogen) atoms. The Labute approximate surface area is 156 Å². The van der Waals surface area contributed by atoms with Gasteiger partial charge in [-0.3, -0.25) is 4.79 Å². The van der Waals surface area contributed by atoms with Gasteiger partial charge in [0.05, 0.1) is 5.75 Å². The van der Waals surface area contributed by atoms with Crippen molar-refractivity contribution in [1.29, 1.82) is 0 Å². The molecular formula is C20H22N2O3S. The Balaban J connectivity index is 1.35. The number of nitrogens with zero attached hydrogens (tertiary/aromatic N) is 1. The van der Waals surface area contributed by atoms with E-state index >= 15 is 0 Å². The zero-order valence-electron chi connectivity index (χ0n) is 14.8. The molecule has 0 saturated heterocycles. The number of carbonyl (C=O) groups excluding carboxylic acids is 1. The highest BCUT2D eigenvalue weighted by atomic mass is 32.2. The normalized spacial score (nSPS) is 15.4. The Morgan fingerprint density at radius 2 is 2.04 bits per heavy atom. The van der Waals surface area contributed by atoms with E-state index in [2.05, 4.69) is 10.3 Å². The van der Waals surface area contributed by atoms with Crippen molar-refractivity contribution in [2.75, 3.05) is 0 Å². The van der Waals surface area contributed by atoms with Crippen LogP contribution in [0.1, 0.15) is 54.0 Å². The number of hydrogen-bond acceptors (Lipinski definition) is 5. The summed E-state index contributed by atoms with van der Waals surface area (Å²) in [5, 5.41) is 3.68. The minimum atomic E-state index is -0.120. The summed E-state index contributed by atoms with van der Waals surface area (Å²) in [7, 11) is 0. The number of rotatable bonds is 5. The Morgan fingerprint density at radius 1 is 1.19 bits per heavy atom. The predicted octanol–water partition coefficient (Wildman–Crippen LogP) is 5.08. The minimum absolute atomic E-state index is 0.120. The van der Waals surface area contributed by atoms with Crippen LogP contribution >= 0.6 is 11.8 Å². The lowest BCUT2D eigenvalue weighted by molar-refractivity contribution is 0.0898. The Bertz CT molecular complexity index is 909. The largest absolute Gasteiger partial charge is 0.455 e. The molecule has 1 aliphatic rings. The van der Waals surface area contributed by atoms with E-state index in [4.69, 9.17) is 8.83 Å². The third-order valence-electron chi connectivity index (χ3n) is 4.69. The van der Waals surface area contributed by atoms with Crippen LogP contribution in [0.2, 0.25) is 0 Å². The first-order valence-electron chi connectivity index (χ1n) is 9.07. The molecule has 3 aromatic rings. The number of amides is 1. The van der Waals surface area contributed by atoms with Gasteiger partial charge in [0.1, 0.15) is 11.3 Å². The fourth-order valence-corrected chi connectivity index (χ4v) is 4.02. The molecule has 1 amide bonds. The van der Waals surface area contributed by atoms with Crippen LogP contribution in [0.5, 0.6) is 0 Å². The van der Waals surface area contributed by atoms with E-state index in [9.17, 15) is 4.79 Å². The second-order valence-electron chi connectivity index (χ2n) is 6.81. The lowest BCUT2D eigenvalue weighted by atomic mass is 9.95. The summed E-state index contributed by atoms with van der Waals surface area (Å²) in [6, 6.07) is 9.82. The van der Waals surface area contributed by atoms with Crippen molar-refractivity contribution in [3.63, 3.8) is 0 Å². The summed E-state index contributed by atoms with van der Waals surface area (Å²) in [6.45, 7) is 2.03. The van der Waals surface area contributed by atoms with Crippen LogP contribution in [0.15, 0.2) is 44.4 Å². The lowest BCUT2D eigenvalue weighted by Gasteiger charge is -2.22. The molecule has 0 radical (unpaired) electrons. The predicted molar refractivity (Wildman–Crippen MR) is 101 cm³/mol. The summed E-state index contributed by atoms with van der Waals surface area (Å²) < 4.78 is 11.5. The van der Waals surface area contributed by atoms with E-state index in [0.29, 0.717) is 16.7 Å². The molecule has 4 rings (SSSR count). The van der Waals surface area contributed by atoms with Gasteiger partial charge in [-0.25, -0.2) is 4.98 Å². The van der Waals surface area contributed by atoms with E-state index in [1.54, 1.807) is 6.07 Å². The Morgan fingerprint density at radius 3 is 2.88 bits per heavy atom. The fourth-order valence-electron chi connectivity index (χ4n) is 3.29. The van der Waals surface area contributed by atoms with Crippen molar-refractivity contribution in [2.24, 2.45) is 0 Å². The maximum absolute atomic E-state index is 12.3. The molecule has 1 fully saturated rings. The van der Waals surface area contributed by atoms with Crippen molar-refractivity contribution in [2.45, 2.75) is 56.0 Å². The van der Waals surface area contributed by atoms with Crippen LogP contribution in [0, 0.1) is 6.92 Å². The molecule has 1 N–H and O–H groups in total. The van der Waals surface area contributed by atoms with Crippen LogP contribution in [0.3, 0.4) is 0 Å². The van der Waals surface area contributed by atoms with Gasteiger partial charge >= 0.3 is 0 Å². The molecule has 136 valence electrons. The standard InChI is InChI=1S/C20H22N2O3S/c1-13-7-9-16-18(11-13)25-20(22-16)26-12-15-8-10-17(24-15)19(23)21-14-5-3-2-4-6-14/h7-11,14H,2-6,12H2,1H3,(H,21,23). The third kappa shape index (κ3) is 3.96. The smallest absolute Gasteiger partial charge is 0.287 e. The van der Waals surface area contributed by atoms with Gasteiger partial charge in [-0.2, -0.15) is 0 Å². The monoisotopic (exact) mass is 370 g/mol. The second-order valence-corrected chi connectivity index (χ2v) is 7.74. The van der Waals surface area contributed by atoms with Gasteiger partial charge in [0.25, 0.3) is 11.1 Å². The summed E-state index contributed by atoms with van der Waals surface area (Å²) in [5.41, 5.74) is 2.79. The summed E-state index contributed by atoms with van der Waals surface area (Å²) in [6.07, 6.45) is 5.77. The van der Waals surface area contributed by atoms with Gasteiger partial charge in [-0.1, -0.05) is 37.1 Å². The number of hydrogen-bond donors (Lipinski definition) is 1. The Hall–Kier alpha value is -2.21. The molecular weight excluding hydrogens is 348 g/mol. The van der Waals surface area contributed by atoms with Crippen molar-refractivity contribution in [3.8, 4) is 0 Å². The molecule has 1 saturated carbocycles. The number of oxazole rings is 1. The zero-order chi connectivity index (χ0) is 17.9. The highest BCUT2D eigenvalue weighted by molar-refractivity contribution is 7.98. The maximum Gasteiger partial charge on any atom is 0.287 e. The molecule has 0 unspecified atom stereocenters. The van der Waals surface area contributed by atoms with E-state index in [1.807, 2.05) is 31.2 Å². The van der Waals surface area contributed by atoms with Gasteiger partial charge in [0.15, 0.2) is 11.3 Å². The number of nitrogens with one attached hydrogen (secondary N) is 1. The third-order valence-corrected chi connectivity index (χ3v) is 5.54. The highest BCUT2D eigenvalue weighted by Gasteiger charge is 2.19. The lowest BCUT2D eigenvalue weighted by Crippen LogP contribution is -2.35. The molecule has 2 aromatic heterocycles. The molecule has 1 aromatic carbocycles. The van der Waals surface area contributed by atoms with Crippen LogP contribution in [0.4, 0.5) is 0 Å². The number of furan rings is 1. The van der Waals surface area contributed by atoms with Crippen molar-refractivity contribution < 1.29 is 13.6 Å². The number of benzene rings is 1. The molecule has 6 heteroatoms. The topological polar surface area (TPSA) is 68.3 Å². The number of carbonyl (C=O) groups is 1. The maximum atomic E-state index is 12.3. The molecule has 1 aliphatic carbocycles. The van der Waals surface area contributed by atoms with E-state index in [-0.39, 0.29) is 11.9 Å². The number of thioether (sulfide) groups is 1. The van der Waals surface area contributed by atoms with E-state index < -0.39 is 0 Å². The van der Waals surface area contributed by atoms with Gasteiger partial charge in [0.2, 0.25) is 0 Å². The van der Waals surface area contributed by atoms with E-state index in [0.717, 1.165) is 35.3 Å². The number of fused-ring (bicyclic) bond motifs is 1. The molecule has 0 atom stereocenters. The quantitative estimate of drug-likeness (QED) is 0.634. The molecule has 0 spiro atoms. The summed E-state index contributed by atoms with van der Waals surface area (Å²) in [4.78, 5) is 16.8. The van der Waals surface area contributed by atoms with Crippen molar-refractivity contribution in [1.82, 2.24) is 10.3 Å². The summed E-state index contributed by atoms with van der Waals surface area (Å²) >= 11 is 1.46. The van der Waals surface area contributed by atoms with Crippen molar-refractivity contribution in [3.05, 3.63) is 47.4 Å². The minimum Gasteiger partial charge on any atom is -0.455 e. The Kier molecular flexibility index (Phi) is 5.02. The van der Waals surface area contributed by atoms with Crippen LogP contribution in [-0.2, 0) is 5.75 Å². The van der Waals surface area contributed by atoms with Crippen LogP contribution < -0.4 is 5.32 Å². The van der Waals surface area contributed by atoms with Crippen LogP contribution in [-0.4, -0.2) is 16.9 Å². The zero-order valence-corrected chi connectivity index (χ0v) is 15.6. The van der Waals surface area contributed by atoms with Crippen molar-refractivity contribution >= 4 is 28.8 Å². The first-order valence-corrected chi connectivity index (χ1v) is 10.1. The average Bonchev–Trinajstić information content (AvgIpc) is 3.27. The van der Waals surface area contributed by atoms with Gasteiger partial charge < -0.3 is 14.2 Å². The SMILES string of the molecule is Cc1ccc2nc(SCc3ccc(C(=O)NC4CCCCC4)o3)oc2c1. The summed E-state index contributed by atoms with van der Waals surface area (Å²) in [5.74, 6) is 1.56.